The van der Waals surface area contributed by atoms with E-state index in [-0.39, 0.29) is 0 Å². The summed E-state index contributed by atoms with van der Waals surface area (Å²) in [5.41, 5.74) is -0.909. The molecular formula is C10H15PSe. The molecule has 0 saturated heterocycles. The Morgan fingerprint density at radius 2 is 1.58 bits per heavy atom. The quantitative estimate of drug-likeness (QED) is 0.566. The fourth-order valence-electron chi connectivity index (χ4n) is 1.29. The van der Waals surface area contributed by atoms with Crippen LogP contribution < -0.4 is 5.30 Å². The van der Waals surface area contributed by atoms with E-state index in [0.29, 0.717) is 0 Å². The summed E-state index contributed by atoms with van der Waals surface area (Å²) in [6.07, 6.45) is 2.54. The summed E-state index contributed by atoms with van der Waals surface area (Å²) in [6, 6.07) is 10.8. The molecule has 0 spiro atoms. The minimum absolute atomic E-state index is 0.909. The van der Waals surface area contributed by atoms with E-state index in [1.807, 2.05) is 0 Å². The monoisotopic (exact) mass is 246 g/mol. The molecule has 0 aliphatic heterocycles. The summed E-state index contributed by atoms with van der Waals surface area (Å²) in [4.78, 5) is 0. The molecule has 0 bridgehead atoms. The maximum atomic E-state index is 3.42. The molecule has 0 heterocycles. The van der Waals surface area contributed by atoms with Gasteiger partial charge >= 0.3 is 82.4 Å². The Balaban J connectivity index is 3.04. The SMILES string of the molecule is CCP(=[Se])(CC)c1ccccc1. The van der Waals surface area contributed by atoms with Crippen molar-refractivity contribution in [2.75, 3.05) is 12.3 Å². The van der Waals surface area contributed by atoms with Crippen molar-refractivity contribution in [3.63, 3.8) is 0 Å². The van der Waals surface area contributed by atoms with Crippen molar-refractivity contribution in [2.24, 2.45) is 0 Å². The van der Waals surface area contributed by atoms with E-state index in [1.165, 1.54) is 17.6 Å². The zero-order valence-corrected chi connectivity index (χ0v) is 10.3. The van der Waals surface area contributed by atoms with Gasteiger partial charge in [-0.2, -0.15) is 0 Å². The van der Waals surface area contributed by atoms with Crippen LogP contribution in [0.3, 0.4) is 0 Å². The Morgan fingerprint density at radius 3 is 2.00 bits per heavy atom. The molecule has 1 rings (SSSR count). The Bertz CT molecular complexity index is 271. The number of rotatable bonds is 3. The topological polar surface area (TPSA) is 0 Å². The molecule has 66 valence electrons. The minimum atomic E-state index is -0.909. The molecule has 2 heteroatoms. The third kappa shape index (κ3) is 2.10. The summed E-state index contributed by atoms with van der Waals surface area (Å²) in [7, 11) is 0. The van der Waals surface area contributed by atoms with Gasteiger partial charge in [-0.15, -0.1) is 0 Å². The normalized spacial score (nSPS) is 11.5. The Hall–Kier alpha value is 0.169. The molecule has 0 aliphatic carbocycles. The fourth-order valence-corrected chi connectivity index (χ4v) is 3.95. The summed E-state index contributed by atoms with van der Waals surface area (Å²) >= 11 is 3.42. The first-order valence-corrected chi connectivity index (χ1v) is 8.74. The summed E-state index contributed by atoms with van der Waals surface area (Å²) < 4.78 is 0. The Morgan fingerprint density at radius 1 is 1.08 bits per heavy atom. The van der Waals surface area contributed by atoms with E-state index in [0.717, 1.165) is 0 Å². The average molecular weight is 245 g/mol. The van der Waals surface area contributed by atoms with E-state index >= 15 is 0 Å². The first-order chi connectivity index (χ1) is 5.73. The third-order valence-electron chi connectivity index (χ3n) is 2.25. The zero-order chi connectivity index (χ0) is 9.03. The van der Waals surface area contributed by atoms with Crippen molar-refractivity contribution < 1.29 is 0 Å². The van der Waals surface area contributed by atoms with Gasteiger partial charge < -0.3 is 0 Å². The van der Waals surface area contributed by atoms with Crippen molar-refractivity contribution in [3.8, 4) is 0 Å². The van der Waals surface area contributed by atoms with Crippen LogP contribution in [0.4, 0.5) is 0 Å². The van der Waals surface area contributed by atoms with Gasteiger partial charge in [0.2, 0.25) is 0 Å². The van der Waals surface area contributed by atoms with E-state index in [1.54, 1.807) is 0 Å². The number of benzene rings is 1. The van der Waals surface area contributed by atoms with E-state index < -0.39 is 5.51 Å². The van der Waals surface area contributed by atoms with Gasteiger partial charge in [0.25, 0.3) is 0 Å². The molecule has 0 aliphatic rings. The molecule has 1 aromatic carbocycles. The fraction of sp³-hybridized carbons (Fsp3) is 0.400. The van der Waals surface area contributed by atoms with Gasteiger partial charge in [-0.25, -0.2) is 0 Å². The van der Waals surface area contributed by atoms with Crippen LogP contribution in [0.2, 0.25) is 0 Å². The van der Waals surface area contributed by atoms with Gasteiger partial charge in [0, 0.05) is 0 Å². The van der Waals surface area contributed by atoms with Crippen molar-refractivity contribution >= 4 is 25.9 Å². The number of hydrogen-bond donors (Lipinski definition) is 0. The van der Waals surface area contributed by atoms with Crippen molar-refractivity contribution in [1.29, 1.82) is 0 Å². The van der Waals surface area contributed by atoms with Crippen LogP contribution in [0.15, 0.2) is 30.3 Å². The molecule has 0 fully saturated rings. The third-order valence-corrected chi connectivity index (χ3v) is 10.1. The molecule has 0 aromatic heterocycles. The first-order valence-electron chi connectivity index (χ1n) is 4.36. The standard InChI is InChI=1S/C10H15PSe/c1-3-11(12,4-2)10-8-6-5-7-9-10/h5-9H,3-4H2,1-2H3. The molecule has 0 unspecified atom stereocenters. The second-order valence-electron chi connectivity index (χ2n) is 2.86. The summed E-state index contributed by atoms with van der Waals surface area (Å²) in [6.45, 7) is 4.56. The van der Waals surface area contributed by atoms with Crippen LogP contribution >= 0.6 is 5.51 Å². The van der Waals surface area contributed by atoms with Crippen LogP contribution in [-0.2, 0) is 0 Å². The van der Waals surface area contributed by atoms with Gasteiger partial charge in [0.1, 0.15) is 0 Å². The van der Waals surface area contributed by atoms with Crippen molar-refractivity contribution in [1.82, 2.24) is 0 Å². The van der Waals surface area contributed by atoms with E-state index in [2.05, 4.69) is 59.3 Å². The first kappa shape index (κ1) is 10.3. The average Bonchev–Trinajstić information content (AvgIpc) is 2.18. The molecule has 0 saturated carbocycles. The Kier molecular flexibility index (Phi) is 3.77. The van der Waals surface area contributed by atoms with E-state index in [4.69, 9.17) is 0 Å². The molecule has 12 heavy (non-hydrogen) atoms. The summed E-state index contributed by atoms with van der Waals surface area (Å²) in [5, 5.41) is 1.52. The van der Waals surface area contributed by atoms with Crippen molar-refractivity contribution in [2.45, 2.75) is 13.8 Å². The zero-order valence-electron chi connectivity index (χ0n) is 7.66. The molecule has 0 radical (unpaired) electrons. The molecule has 1 aromatic rings. The van der Waals surface area contributed by atoms with Crippen LogP contribution in [0.1, 0.15) is 13.8 Å². The van der Waals surface area contributed by atoms with Gasteiger partial charge in [-0.3, -0.25) is 0 Å². The predicted molar refractivity (Wildman–Crippen MR) is 59.8 cm³/mol. The number of hydrogen-bond acceptors (Lipinski definition) is 0. The van der Waals surface area contributed by atoms with Crippen LogP contribution in [0.25, 0.3) is 0 Å². The van der Waals surface area contributed by atoms with Crippen molar-refractivity contribution in [3.05, 3.63) is 30.3 Å². The van der Waals surface area contributed by atoms with Gasteiger partial charge in [-0.05, 0) is 0 Å². The summed E-state index contributed by atoms with van der Waals surface area (Å²) in [5.74, 6) is 0. The van der Waals surface area contributed by atoms with Gasteiger partial charge in [0.15, 0.2) is 0 Å². The van der Waals surface area contributed by atoms with Gasteiger partial charge in [0.05, 0.1) is 0 Å². The second kappa shape index (κ2) is 4.42. The molecule has 0 amide bonds. The maximum absolute atomic E-state index is 3.42. The predicted octanol–water partition coefficient (Wildman–Crippen LogP) is 2.45. The Labute approximate surface area is 82.6 Å². The van der Waals surface area contributed by atoms with Gasteiger partial charge in [-0.1, -0.05) is 0 Å². The van der Waals surface area contributed by atoms with Crippen LogP contribution in [-0.4, -0.2) is 27.4 Å². The van der Waals surface area contributed by atoms with Crippen LogP contribution in [0, 0.1) is 0 Å². The second-order valence-corrected chi connectivity index (χ2v) is 10.8. The molecule has 0 atom stereocenters. The molecular weight excluding hydrogens is 230 g/mol. The van der Waals surface area contributed by atoms with Crippen LogP contribution in [0.5, 0.6) is 0 Å². The molecule has 0 N–H and O–H groups in total. The molecule has 0 nitrogen and oxygen atoms in total. The van der Waals surface area contributed by atoms with E-state index in [9.17, 15) is 0 Å².